The van der Waals surface area contributed by atoms with Crippen LogP contribution in [0.3, 0.4) is 0 Å². The van der Waals surface area contributed by atoms with E-state index in [0.717, 1.165) is 17.7 Å². The molecule has 0 saturated carbocycles. The first-order valence-electron chi connectivity index (χ1n) is 11.3. The van der Waals surface area contributed by atoms with Gasteiger partial charge in [-0.15, -0.1) is 0 Å². The summed E-state index contributed by atoms with van der Waals surface area (Å²) < 4.78 is 0. The highest BCUT2D eigenvalue weighted by molar-refractivity contribution is 6.07. The number of hydrogen-bond acceptors (Lipinski definition) is 2. The minimum Gasteiger partial charge on any atom is -0.335 e. The molecule has 0 unspecified atom stereocenters. The number of rotatable bonds is 3. The SMILES string of the molecule is CCN(C(=O)c1ccc2c(c1)C(C)(C)C(=O)N2)[C@@H]1Cc2ccccc2C(C)(C)C1(C)C. The van der Waals surface area contributed by atoms with Crippen LogP contribution in [0.4, 0.5) is 5.69 Å². The average molecular weight is 419 g/mol. The predicted octanol–water partition coefficient (Wildman–Crippen LogP) is 5.31. The van der Waals surface area contributed by atoms with Gasteiger partial charge in [0.05, 0.1) is 5.41 Å². The molecule has 0 radical (unpaired) electrons. The number of anilines is 1. The third-order valence-electron chi connectivity index (χ3n) is 8.28. The van der Waals surface area contributed by atoms with Crippen LogP contribution in [0.5, 0.6) is 0 Å². The van der Waals surface area contributed by atoms with E-state index in [1.807, 2.05) is 36.9 Å². The summed E-state index contributed by atoms with van der Waals surface area (Å²) in [5, 5.41) is 2.93. The van der Waals surface area contributed by atoms with E-state index in [-0.39, 0.29) is 28.7 Å². The third kappa shape index (κ3) is 3.02. The third-order valence-corrected chi connectivity index (χ3v) is 8.28. The Balaban J connectivity index is 1.74. The van der Waals surface area contributed by atoms with Crippen molar-refractivity contribution in [2.75, 3.05) is 11.9 Å². The van der Waals surface area contributed by atoms with Crippen molar-refractivity contribution in [3.05, 3.63) is 64.7 Å². The fraction of sp³-hybridized carbons (Fsp3) is 0.481. The number of carbonyl (C=O) groups excluding carboxylic acids is 2. The normalized spacial score (nSPS) is 22.3. The maximum atomic E-state index is 13.8. The van der Waals surface area contributed by atoms with E-state index in [2.05, 4.69) is 64.2 Å². The van der Waals surface area contributed by atoms with Gasteiger partial charge in [-0.1, -0.05) is 52.0 Å². The molecule has 1 atom stereocenters. The Labute approximate surface area is 186 Å². The molecule has 2 aromatic rings. The lowest BCUT2D eigenvalue weighted by molar-refractivity contribution is -0.119. The van der Waals surface area contributed by atoms with Gasteiger partial charge < -0.3 is 10.2 Å². The summed E-state index contributed by atoms with van der Waals surface area (Å²) in [6.45, 7) is 15.7. The Morgan fingerprint density at radius 3 is 2.39 bits per heavy atom. The number of fused-ring (bicyclic) bond motifs is 2. The van der Waals surface area contributed by atoms with Crippen LogP contribution in [0.15, 0.2) is 42.5 Å². The Hall–Kier alpha value is -2.62. The standard InChI is InChI=1S/C27H34N2O2/c1-8-29(22-16-17-11-9-10-12-19(17)26(4,5)27(22,6)7)23(30)18-13-14-21-20(15-18)25(2,3)24(31)28-21/h9-15,22H,8,16H2,1-7H3,(H,28,31)/t22-/m1/s1. The fourth-order valence-corrected chi connectivity index (χ4v) is 5.41. The van der Waals surface area contributed by atoms with Gasteiger partial charge in [-0.05, 0) is 72.9 Å². The Morgan fingerprint density at radius 1 is 1.03 bits per heavy atom. The molecule has 4 heteroatoms. The van der Waals surface area contributed by atoms with E-state index in [9.17, 15) is 9.59 Å². The van der Waals surface area contributed by atoms with E-state index < -0.39 is 5.41 Å². The Bertz CT molecular complexity index is 1060. The van der Waals surface area contributed by atoms with Gasteiger partial charge in [0.15, 0.2) is 0 Å². The number of nitrogens with one attached hydrogen (secondary N) is 1. The summed E-state index contributed by atoms with van der Waals surface area (Å²) in [5.74, 6) is 0.0138. The molecule has 2 aromatic carbocycles. The van der Waals surface area contributed by atoms with Gasteiger partial charge in [0.25, 0.3) is 5.91 Å². The second-order valence-electron chi connectivity index (χ2n) is 10.7. The predicted molar refractivity (Wildman–Crippen MR) is 126 cm³/mol. The van der Waals surface area contributed by atoms with Crippen LogP contribution in [0.1, 0.15) is 75.5 Å². The lowest BCUT2D eigenvalue weighted by atomic mass is 9.55. The number of benzene rings is 2. The number of nitrogens with zero attached hydrogens (tertiary/aromatic N) is 1. The van der Waals surface area contributed by atoms with E-state index in [1.54, 1.807) is 0 Å². The van der Waals surface area contributed by atoms with Crippen LogP contribution in [-0.4, -0.2) is 29.3 Å². The molecule has 1 heterocycles. The lowest BCUT2D eigenvalue weighted by Crippen LogP contribution is -2.58. The largest absolute Gasteiger partial charge is 0.335 e. The number of amides is 2. The van der Waals surface area contributed by atoms with Gasteiger partial charge in [-0.25, -0.2) is 0 Å². The van der Waals surface area contributed by atoms with Gasteiger partial charge in [0, 0.05) is 23.8 Å². The van der Waals surface area contributed by atoms with Crippen molar-refractivity contribution in [2.45, 2.75) is 71.8 Å². The minimum atomic E-state index is -0.631. The molecule has 1 aliphatic carbocycles. The summed E-state index contributed by atoms with van der Waals surface area (Å²) in [4.78, 5) is 28.2. The van der Waals surface area contributed by atoms with Crippen molar-refractivity contribution in [3.63, 3.8) is 0 Å². The molecule has 31 heavy (non-hydrogen) atoms. The van der Waals surface area contributed by atoms with Crippen LogP contribution in [0, 0.1) is 5.41 Å². The Kier molecular flexibility index (Phi) is 4.84. The number of hydrogen-bond donors (Lipinski definition) is 1. The van der Waals surface area contributed by atoms with Crippen LogP contribution in [-0.2, 0) is 22.0 Å². The van der Waals surface area contributed by atoms with Crippen molar-refractivity contribution in [2.24, 2.45) is 5.41 Å². The molecule has 0 spiro atoms. The lowest BCUT2D eigenvalue weighted by Gasteiger charge is -2.55. The molecular weight excluding hydrogens is 384 g/mol. The van der Waals surface area contributed by atoms with Crippen molar-refractivity contribution < 1.29 is 9.59 Å². The molecule has 2 amide bonds. The van der Waals surface area contributed by atoms with E-state index in [1.165, 1.54) is 11.1 Å². The molecular formula is C27H34N2O2. The maximum absolute atomic E-state index is 13.8. The summed E-state index contributed by atoms with van der Waals surface area (Å²) in [6.07, 6.45) is 0.850. The first kappa shape index (κ1) is 21.6. The van der Waals surface area contributed by atoms with Gasteiger partial charge in [-0.3, -0.25) is 9.59 Å². The second kappa shape index (κ2) is 6.94. The highest BCUT2D eigenvalue weighted by Crippen LogP contribution is 2.51. The van der Waals surface area contributed by atoms with Crippen molar-refractivity contribution in [1.29, 1.82) is 0 Å². The second-order valence-corrected chi connectivity index (χ2v) is 10.7. The molecule has 0 saturated heterocycles. The number of likely N-dealkylation sites (N-methyl/N-ethyl adjacent to an activating group) is 1. The molecule has 164 valence electrons. The zero-order chi connectivity index (χ0) is 22.8. The van der Waals surface area contributed by atoms with Crippen LogP contribution in [0.25, 0.3) is 0 Å². The van der Waals surface area contributed by atoms with Crippen LogP contribution >= 0.6 is 0 Å². The van der Waals surface area contributed by atoms with Gasteiger partial charge in [0.1, 0.15) is 0 Å². The Morgan fingerprint density at radius 2 is 1.71 bits per heavy atom. The van der Waals surface area contributed by atoms with Gasteiger partial charge in [-0.2, -0.15) is 0 Å². The van der Waals surface area contributed by atoms with E-state index in [0.29, 0.717) is 12.1 Å². The molecule has 4 nitrogen and oxygen atoms in total. The molecule has 0 fully saturated rings. The van der Waals surface area contributed by atoms with Gasteiger partial charge >= 0.3 is 0 Å². The summed E-state index contributed by atoms with van der Waals surface area (Å²) in [5.41, 5.74) is 4.25. The number of carbonyl (C=O) groups is 2. The summed E-state index contributed by atoms with van der Waals surface area (Å²) in [6, 6.07) is 14.3. The molecule has 0 bridgehead atoms. The molecule has 1 N–H and O–H groups in total. The van der Waals surface area contributed by atoms with Crippen molar-refractivity contribution in [1.82, 2.24) is 4.90 Å². The van der Waals surface area contributed by atoms with E-state index in [4.69, 9.17) is 0 Å². The minimum absolute atomic E-state index is 0.0220. The quantitative estimate of drug-likeness (QED) is 0.735. The smallest absolute Gasteiger partial charge is 0.254 e. The molecule has 1 aliphatic heterocycles. The first-order valence-corrected chi connectivity index (χ1v) is 11.3. The molecule has 0 aromatic heterocycles. The van der Waals surface area contributed by atoms with Crippen molar-refractivity contribution >= 4 is 17.5 Å². The monoisotopic (exact) mass is 418 g/mol. The summed E-state index contributed by atoms with van der Waals surface area (Å²) in [7, 11) is 0. The highest BCUT2D eigenvalue weighted by Gasteiger charge is 2.51. The maximum Gasteiger partial charge on any atom is 0.254 e. The molecule has 2 aliphatic rings. The first-order chi connectivity index (χ1) is 14.4. The van der Waals surface area contributed by atoms with Crippen LogP contribution in [0.2, 0.25) is 0 Å². The zero-order valence-corrected chi connectivity index (χ0v) is 19.8. The van der Waals surface area contributed by atoms with E-state index >= 15 is 0 Å². The topological polar surface area (TPSA) is 49.4 Å². The molecule has 4 rings (SSSR count). The van der Waals surface area contributed by atoms with Crippen molar-refractivity contribution in [3.8, 4) is 0 Å². The van der Waals surface area contributed by atoms with Crippen LogP contribution < -0.4 is 5.32 Å². The average Bonchev–Trinajstić information content (AvgIpc) is 2.95. The zero-order valence-electron chi connectivity index (χ0n) is 19.8. The summed E-state index contributed by atoms with van der Waals surface area (Å²) >= 11 is 0. The fourth-order valence-electron chi connectivity index (χ4n) is 5.41. The highest BCUT2D eigenvalue weighted by atomic mass is 16.2. The van der Waals surface area contributed by atoms with Gasteiger partial charge in [0.2, 0.25) is 5.91 Å².